The number of Topliss-reactive ketones (excluding diaryl/α,β-unsaturated/α-hetero) is 1. The number of hydrogen-bond donors (Lipinski definition) is 0. The molecule has 6 aliphatic rings. The Morgan fingerprint density at radius 3 is 2.88 bits per heavy atom. The Morgan fingerprint density at radius 2 is 2.12 bits per heavy atom. The Labute approximate surface area is 155 Å². The van der Waals surface area contributed by atoms with Gasteiger partial charge in [0.1, 0.15) is 0 Å². The van der Waals surface area contributed by atoms with Gasteiger partial charge in [-0.05, 0) is 0 Å². The summed E-state index contributed by atoms with van der Waals surface area (Å²) >= 11 is 0. The van der Waals surface area contributed by atoms with Crippen molar-refractivity contribution in [2.24, 2.45) is 34.5 Å². The molecule has 4 aliphatic carbocycles. The Bertz CT molecular complexity index is 876. The van der Waals surface area contributed by atoms with E-state index in [2.05, 4.69) is 45.7 Å². The van der Waals surface area contributed by atoms with E-state index in [4.69, 9.17) is 14.0 Å². The molecule has 2 bridgehead atoms. The Balaban J connectivity index is 1.61. The van der Waals surface area contributed by atoms with E-state index in [-0.39, 0.29) is 29.5 Å². The zero-order valence-electron chi connectivity index (χ0n) is 15.6. The fourth-order valence-corrected chi connectivity index (χ4v) is 7.68. The topological polar surface area (TPSA) is 48.1 Å². The van der Waals surface area contributed by atoms with Crippen LogP contribution in [0.1, 0.15) is 34.1 Å². The normalized spacial score (nSPS) is 54.8. The van der Waals surface area contributed by atoms with E-state index in [1.807, 2.05) is 0 Å². The maximum atomic E-state index is 14.1. The molecule has 2 spiro atoms. The summed E-state index contributed by atoms with van der Waals surface area (Å²) in [7, 11) is 0.582. The molecule has 2 heterocycles. The van der Waals surface area contributed by atoms with Gasteiger partial charge in [-0.25, -0.2) is 0 Å². The predicted molar refractivity (Wildman–Crippen MR) is 96.5 cm³/mol. The first-order valence-corrected chi connectivity index (χ1v) is 10.5. The SMILES string of the molecule is CC1=C[C@]23C(=O)[C@@H](C=C4COC#[P+]O[C@H]4[C@@]24O[C@@H]14)C1C(C[C@H]3C)C1(C)C. The van der Waals surface area contributed by atoms with Crippen molar-refractivity contribution < 1.29 is 18.8 Å². The van der Waals surface area contributed by atoms with Crippen LogP contribution in [-0.4, -0.2) is 30.2 Å². The summed E-state index contributed by atoms with van der Waals surface area (Å²) in [5.41, 5.74) is 1.35. The van der Waals surface area contributed by atoms with Gasteiger partial charge >= 0.3 is 155 Å². The van der Waals surface area contributed by atoms with E-state index in [0.717, 1.165) is 12.0 Å². The number of allylic oxidation sites excluding steroid dienone is 1. The Hall–Kier alpha value is -0.760. The van der Waals surface area contributed by atoms with Gasteiger partial charge in [-0.15, -0.1) is 0 Å². The molecular weight excluding hydrogens is 347 g/mol. The standard InChI is InChI=1S/C21H24O4P/c1-10-7-20-11(2)5-14-15(19(14,3)4)13(16(20)22)6-12-8-23-9-26-25-18(12)21(20)17(10)24-21/h6-7,11,13-15,17-18H,5,8H2,1-4H3/q+1/t11-,13+,14?,15?,17+,18-,20+,21-/m1/s1. The van der Waals surface area contributed by atoms with E-state index in [1.165, 1.54) is 5.57 Å². The summed E-state index contributed by atoms with van der Waals surface area (Å²) in [5, 5.41) is 0. The number of ether oxygens (including phenoxy) is 2. The van der Waals surface area contributed by atoms with Crippen LogP contribution in [0.25, 0.3) is 0 Å². The van der Waals surface area contributed by atoms with Gasteiger partial charge in [-0.3, -0.25) is 0 Å². The molecule has 26 heavy (non-hydrogen) atoms. The van der Waals surface area contributed by atoms with Crippen LogP contribution in [0.3, 0.4) is 0 Å². The molecule has 0 amide bonds. The Morgan fingerprint density at radius 1 is 1.31 bits per heavy atom. The van der Waals surface area contributed by atoms with Crippen LogP contribution in [0.4, 0.5) is 0 Å². The molecule has 136 valence electrons. The summed E-state index contributed by atoms with van der Waals surface area (Å²) in [6, 6.07) is 0. The molecule has 0 aromatic carbocycles. The molecule has 2 aliphatic heterocycles. The van der Waals surface area contributed by atoms with E-state index < -0.39 is 11.0 Å². The van der Waals surface area contributed by atoms with Crippen molar-refractivity contribution in [1.29, 1.82) is 0 Å². The zero-order valence-corrected chi connectivity index (χ0v) is 16.5. The molecule has 0 aromatic heterocycles. The van der Waals surface area contributed by atoms with Crippen LogP contribution in [0, 0.1) is 40.3 Å². The third-order valence-corrected chi connectivity index (χ3v) is 8.92. The van der Waals surface area contributed by atoms with Crippen molar-refractivity contribution in [2.45, 2.75) is 51.9 Å². The van der Waals surface area contributed by atoms with Crippen LogP contribution in [0.15, 0.2) is 23.3 Å². The number of carbonyl (C=O) groups excluding carboxylic acids is 1. The molecular formula is C21H24O4P+. The van der Waals surface area contributed by atoms with Crippen LogP contribution in [0.5, 0.6) is 0 Å². The average molecular weight is 371 g/mol. The fourth-order valence-electron chi connectivity index (χ4n) is 7.12. The molecule has 4 nitrogen and oxygen atoms in total. The van der Waals surface area contributed by atoms with Crippen LogP contribution < -0.4 is 0 Å². The number of epoxide rings is 1. The maximum absolute atomic E-state index is 14.1. The number of fused-ring (bicyclic) bond motifs is 4. The molecule has 8 atom stereocenters. The second kappa shape index (κ2) is 4.62. The van der Waals surface area contributed by atoms with Crippen molar-refractivity contribution in [3.05, 3.63) is 23.3 Å². The second-order valence-electron chi connectivity index (χ2n) is 9.73. The molecule has 2 unspecified atom stereocenters. The fraction of sp³-hybridized carbons (Fsp3) is 0.714. The summed E-state index contributed by atoms with van der Waals surface area (Å²) < 4.78 is 18.1. The minimum absolute atomic E-state index is 0.00298. The first kappa shape index (κ1) is 16.2. The van der Waals surface area contributed by atoms with Crippen molar-refractivity contribution in [1.82, 2.24) is 0 Å². The zero-order chi connectivity index (χ0) is 18.1. The van der Waals surface area contributed by atoms with Gasteiger partial charge in [0, 0.05) is 0 Å². The second-order valence-corrected chi connectivity index (χ2v) is 10.3. The number of hydrogen-bond acceptors (Lipinski definition) is 4. The van der Waals surface area contributed by atoms with Gasteiger partial charge in [-0.1, -0.05) is 0 Å². The Kier molecular flexibility index (Phi) is 2.88. The molecule has 2 saturated carbocycles. The molecule has 0 aromatic rings. The monoisotopic (exact) mass is 371 g/mol. The number of carbonyl (C=O) groups is 1. The number of rotatable bonds is 0. The van der Waals surface area contributed by atoms with E-state index in [0.29, 0.717) is 32.5 Å². The minimum atomic E-state index is -0.572. The summed E-state index contributed by atoms with van der Waals surface area (Å²) in [6.45, 7) is 9.46. The first-order valence-electron chi connectivity index (χ1n) is 9.70. The van der Waals surface area contributed by atoms with Gasteiger partial charge in [0.15, 0.2) is 0 Å². The first-order chi connectivity index (χ1) is 12.4. The predicted octanol–water partition coefficient (Wildman–Crippen LogP) is 3.70. The van der Waals surface area contributed by atoms with Crippen LogP contribution in [0.2, 0.25) is 0 Å². The van der Waals surface area contributed by atoms with Crippen molar-refractivity contribution in [3.8, 4) is 5.81 Å². The van der Waals surface area contributed by atoms with Gasteiger partial charge in [0.25, 0.3) is 0 Å². The van der Waals surface area contributed by atoms with Crippen molar-refractivity contribution >= 4 is 14.0 Å². The van der Waals surface area contributed by atoms with Crippen molar-refractivity contribution in [3.63, 3.8) is 0 Å². The summed E-state index contributed by atoms with van der Waals surface area (Å²) in [6.07, 6.45) is 5.31. The number of ketones is 1. The van der Waals surface area contributed by atoms with Crippen molar-refractivity contribution in [2.75, 3.05) is 6.61 Å². The molecule has 1 saturated heterocycles. The van der Waals surface area contributed by atoms with Gasteiger partial charge in [-0.2, -0.15) is 0 Å². The third-order valence-electron chi connectivity index (χ3n) is 8.40. The molecule has 0 N–H and O–H groups in total. The van der Waals surface area contributed by atoms with Gasteiger partial charge in [0.05, 0.1) is 0 Å². The summed E-state index contributed by atoms with van der Waals surface area (Å²) in [5.74, 6) is 4.41. The summed E-state index contributed by atoms with van der Waals surface area (Å²) in [4.78, 5) is 14.1. The van der Waals surface area contributed by atoms with E-state index in [9.17, 15) is 4.79 Å². The van der Waals surface area contributed by atoms with E-state index >= 15 is 0 Å². The van der Waals surface area contributed by atoms with Crippen LogP contribution >= 0.6 is 8.26 Å². The molecule has 6 rings (SSSR count). The molecule has 5 heteroatoms. The molecule has 0 radical (unpaired) electrons. The average Bonchev–Trinajstić information content (AvgIpc) is 3.44. The van der Waals surface area contributed by atoms with E-state index in [1.54, 1.807) is 0 Å². The van der Waals surface area contributed by atoms with Gasteiger partial charge < -0.3 is 0 Å². The van der Waals surface area contributed by atoms with Gasteiger partial charge in [0.2, 0.25) is 0 Å². The quantitative estimate of drug-likeness (QED) is 0.370. The van der Waals surface area contributed by atoms with Crippen LogP contribution in [-0.2, 0) is 18.8 Å². The third kappa shape index (κ3) is 1.55. The molecule has 3 fully saturated rings.